The van der Waals surface area contributed by atoms with Crippen LogP contribution in [-0.2, 0) is 4.74 Å². The maximum Gasteiger partial charge on any atom is 0.0495 e. The van der Waals surface area contributed by atoms with Gasteiger partial charge in [-0.1, -0.05) is 19.3 Å². The molecule has 0 bridgehead atoms. The molecule has 1 atom stereocenters. The first kappa shape index (κ1) is 10.4. The molecule has 1 aliphatic heterocycles. The summed E-state index contributed by atoms with van der Waals surface area (Å²) in [7, 11) is 0. The lowest BCUT2D eigenvalue weighted by Crippen LogP contribution is -2.41. The molecule has 2 rings (SSSR count). The molecule has 2 N–H and O–H groups in total. The molecule has 1 aliphatic carbocycles. The van der Waals surface area contributed by atoms with Gasteiger partial charge in [0.05, 0.1) is 0 Å². The van der Waals surface area contributed by atoms with E-state index in [2.05, 4.69) is 0 Å². The number of hydrogen-bond acceptors (Lipinski definition) is 2. The van der Waals surface area contributed by atoms with Crippen molar-refractivity contribution in [1.29, 1.82) is 0 Å². The van der Waals surface area contributed by atoms with Gasteiger partial charge in [0, 0.05) is 18.8 Å². The Morgan fingerprint density at radius 1 is 1.21 bits per heavy atom. The van der Waals surface area contributed by atoms with E-state index < -0.39 is 0 Å². The molecule has 0 aromatic rings. The second kappa shape index (κ2) is 4.63. The zero-order valence-electron chi connectivity index (χ0n) is 9.13. The molecule has 82 valence electrons. The molecule has 1 saturated heterocycles. The molecule has 0 spiro atoms. The average molecular weight is 197 g/mol. The maximum absolute atomic E-state index is 6.40. The van der Waals surface area contributed by atoms with E-state index in [1.54, 1.807) is 0 Å². The van der Waals surface area contributed by atoms with E-state index >= 15 is 0 Å². The van der Waals surface area contributed by atoms with Crippen molar-refractivity contribution in [3.8, 4) is 0 Å². The van der Waals surface area contributed by atoms with Crippen molar-refractivity contribution in [2.75, 3.05) is 13.2 Å². The summed E-state index contributed by atoms with van der Waals surface area (Å²) in [5.41, 5.74) is 6.58. The molecular formula is C12H23NO. The van der Waals surface area contributed by atoms with Crippen LogP contribution in [0.5, 0.6) is 0 Å². The van der Waals surface area contributed by atoms with Crippen LogP contribution in [0, 0.1) is 5.92 Å². The highest BCUT2D eigenvalue weighted by Gasteiger charge is 2.28. The smallest absolute Gasteiger partial charge is 0.0495 e. The van der Waals surface area contributed by atoms with Crippen LogP contribution in [0.25, 0.3) is 0 Å². The van der Waals surface area contributed by atoms with E-state index in [0.29, 0.717) is 0 Å². The third-order valence-electron chi connectivity index (χ3n) is 3.92. The predicted octanol–water partition coefficient (Wildman–Crippen LogP) is 2.46. The van der Waals surface area contributed by atoms with Gasteiger partial charge in [-0.2, -0.15) is 0 Å². The zero-order valence-corrected chi connectivity index (χ0v) is 9.13. The van der Waals surface area contributed by atoms with Crippen molar-refractivity contribution in [3.63, 3.8) is 0 Å². The van der Waals surface area contributed by atoms with Crippen LogP contribution in [0.15, 0.2) is 0 Å². The van der Waals surface area contributed by atoms with Crippen LogP contribution in [0.4, 0.5) is 0 Å². The Morgan fingerprint density at radius 3 is 2.64 bits per heavy atom. The molecule has 1 unspecified atom stereocenters. The normalized spacial score (nSPS) is 31.9. The number of ether oxygens (including phenoxy) is 1. The minimum Gasteiger partial charge on any atom is -0.381 e. The Balaban J connectivity index is 1.72. The second-order valence-corrected chi connectivity index (χ2v) is 5.19. The molecule has 2 nitrogen and oxygen atoms in total. The first-order chi connectivity index (χ1) is 6.79. The summed E-state index contributed by atoms with van der Waals surface area (Å²) in [6, 6.07) is 0. The lowest BCUT2D eigenvalue weighted by atomic mass is 9.78. The van der Waals surface area contributed by atoms with E-state index in [1.807, 2.05) is 0 Å². The molecule has 1 saturated carbocycles. The highest BCUT2D eigenvalue weighted by atomic mass is 16.5. The van der Waals surface area contributed by atoms with Gasteiger partial charge in [0.2, 0.25) is 0 Å². The van der Waals surface area contributed by atoms with Crippen LogP contribution in [-0.4, -0.2) is 18.8 Å². The SMILES string of the molecule is NC1(CCC2CCOC2)CCCCC1. The molecule has 14 heavy (non-hydrogen) atoms. The Morgan fingerprint density at radius 2 is 2.00 bits per heavy atom. The molecule has 2 fully saturated rings. The molecule has 0 aromatic heterocycles. The van der Waals surface area contributed by atoms with Crippen molar-refractivity contribution in [3.05, 3.63) is 0 Å². The van der Waals surface area contributed by atoms with E-state index in [1.165, 1.54) is 51.4 Å². The van der Waals surface area contributed by atoms with Crippen molar-refractivity contribution >= 4 is 0 Å². The summed E-state index contributed by atoms with van der Waals surface area (Å²) >= 11 is 0. The number of rotatable bonds is 3. The summed E-state index contributed by atoms with van der Waals surface area (Å²) < 4.78 is 5.39. The minimum absolute atomic E-state index is 0.181. The topological polar surface area (TPSA) is 35.2 Å². The second-order valence-electron chi connectivity index (χ2n) is 5.19. The Hall–Kier alpha value is -0.0800. The van der Waals surface area contributed by atoms with E-state index in [-0.39, 0.29) is 5.54 Å². The van der Waals surface area contributed by atoms with Crippen molar-refractivity contribution in [2.24, 2.45) is 11.7 Å². The fourth-order valence-electron chi connectivity index (χ4n) is 2.81. The predicted molar refractivity (Wildman–Crippen MR) is 58.2 cm³/mol. The van der Waals surface area contributed by atoms with Crippen LogP contribution >= 0.6 is 0 Å². The van der Waals surface area contributed by atoms with Crippen LogP contribution < -0.4 is 5.73 Å². The largest absolute Gasteiger partial charge is 0.381 e. The van der Waals surface area contributed by atoms with Gasteiger partial charge in [0.15, 0.2) is 0 Å². The molecule has 0 aromatic carbocycles. The van der Waals surface area contributed by atoms with Gasteiger partial charge in [-0.3, -0.25) is 0 Å². The van der Waals surface area contributed by atoms with Gasteiger partial charge in [0.1, 0.15) is 0 Å². The lowest BCUT2D eigenvalue weighted by Gasteiger charge is -2.34. The third kappa shape index (κ3) is 2.71. The first-order valence-electron chi connectivity index (χ1n) is 6.15. The monoisotopic (exact) mass is 197 g/mol. The molecule has 1 heterocycles. The van der Waals surface area contributed by atoms with Crippen LogP contribution in [0.2, 0.25) is 0 Å². The fraction of sp³-hybridized carbons (Fsp3) is 1.00. The average Bonchev–Trinajstić information content (AvgIpc) is 2.69. The summed E-state index contributed by atoms with van der Waals surface area (Å²) in [6.45, 7) is 1.96. The van der Waals surface area contributed by atoms with Gasteiger partial charge in [-0.05, 0) is 38.0 Å². The maximum atomic E-state index is 6.40. The van der Waals surface area contributed by atoms with Gasteiger partial charge < -0.3 is 10.5 Å². The first-order valence-corrected chi connectivity index (χ1v) is 6.15. The van der Waals surface area contributed by atoms with Crippen LogP contribution in [0.3, 0.4) is 0 Å². The Bertz CT molecular complexity index is 169. The highest BCUT2D eigenvalue weighted by Crippen LogP contribution is 2.32. The van der Waals surface area contributed by atoms with Crippen molar-refractivity contribution in [1.82, 2.24) is 0 Å². The molecule has 0 amide bonds. The summed E-state index contributed by atoms with van der Waals surface area (Å²) in [5.74, 6) is 0.803. The summed E-state index contributed by atoms with van der Waals surface area (Å²) in [4.78, 5) is 0. The van der Waals surface area contributed by atoms with Gasteiger partial charge in [0.25, 0.3) is 0 Å². The third-order valence-corrected chi connectivity index (χ3v) is 3.92. The summed E-state index contributed by atoms with van der Waals surface area (Å²) in [6.07, 6.45) is 10.4. The Labute approximate surface area is 87.2 Å². The Kier molecular flexibility index (Phi) is 3.45. The van der Waals surface area contributed by atoms with Gasteiger partial charge in [-0.15, -0.1) is 0 Å². The van der Waals surface area contributed by atoms with E-state index in [4.69, 9.17) is 10.5 Å². The van der Waals surface area contributed by atoms with Crippen molar-refractivity contribution in [2.45, 2.75) is 56.9 Å². The molecule has 2 aliphatic rings. The highest BCUT2D eigenvalue weighted by molar-refractivity contribution is 4.87. The van der Waals surface area contributed by atoms with Gasteiger partial charge in [-0.25, -0.2) is 0 Å². The van der Waals surface area contributed by atoms with E-state index in [0.717, 1.165) is 19.1 Å². The molecular weight excluding hydrogens is 174 g/mol. The van der Waals surface area contributed by atoms with E-state index in [9.17, 15) is 0 Å². The minimum atomic E-state index is 0.181. The molecule has 0 radical (unpaired) electrons. The molecule has 2 heteroatoms. The van der Waals surface area contributed by atoms with Crippen molar-refractivity contribution < 1.29 is 4.74 Å². The van der Waals surface area contributed by atoms with Gasteiger partial charge >= 0.3 is 0 Å². The standard InChI is InChI=1S/C12H23NO/c13-12(6-2-1-3-7-12)8-4-11-5-9-14-10-11/h11H,1-10,13H2. The number of nitrogens with two attached hydrogens (primary N) is 1. The van der Waals surface area contributed by atoms with Crippen LogP contribution in [0.1, 0.15) is 51.4 Å². The summed E-state index contributed by atoms with van der Waals surface area (Å²) in [5, 5.41) is 0. The zero-order chi connectivity index (χ0) is 9.86. The lowest BCUT2D eigenvalue weighted by molar-refractivity contribution is 0.178. The number of hydrogen-bond donors (Lipinski definition) is 1. The fourth-order valence-corrected chi connectivity index (χ4v) is 2.81. The quantitative estimate of drug-likeness (QED) is 0.754.